The Balaban J connectivity index is 2.27. The zero-order chi connectivity index (χ0) is 17.2. The van der Waals surface area contributed by atoms with Gasteiger partial charge >= 0.3 is 0 Å². The lowest BCUT2D eigenvalue weighted by Gasteiger charge is -2.23. The van der Waals surface area contributed by atoms with Gasteiger partial charge < -0.3 is 10.2 Å². The van der Waals surface area contributed by atoms with E-state index in [1.807, 2.05) is 0 Å². The molecule has 1 aliphatic heterocycles. The van der Waals surface area contributed by atoms with Crippen molar-refractivity contribution in [3.05, 3.63) is 18.0 Å². The maximum atomic E-state index is 12.6. The van der Waals surface area contributed by atoms with E-state index in [1.165, 1.54) is 27.1 Å². The number of nitrogens with one attached hydrogen (secondary N) is 1. The molecule has 128 valence electrons. The quantitative estimate of drug-likeness (QED) is 0.719. The molecule has 0 radical (unpaired) electrons. The van der Waals surface area contributed by atoms with Crippen LogP contribution in [0.15, 0.2) is 12.3 Å². The highest BCUT2D eigenvalue weighted by Gasteiger charge is 2.33. The van der Waals surface area contributed by atoms with Crippen LogP contribution >= 0.6 is 0 Å². The van der Waals surface area contributed by atoms with Crippen LogP contribution in [0, 0.1) is 5.92 Å². The van der Waals surface area contributed by atoms with Crippen molar-refractivity contribution in [2.75, 3.05) is 39.5 Å². The highest BCUT2D eigenvalue weighted by atomic mass is 32.2. The minimum Gasteiger partial charge on any atom is -0.359 e. The number of sulfonamides is 1. The zero-order valence-electron chi connectivity index (χ0n) is 13.4. The third-order valence-corrected chi connectivity index (χ3v) is 5.17. The predicted molar refractivity (Wildman–Crippen MR) is 83.1 cm³/mol. The zero-order valence-corrected chi connectivity index (χ0v) is 14.2. The fraction of sp³-hybridized carbons (Fsp3) is 0.615. The summed E-state index contributed by atoms with van der Waals surface area (Å²) in [6.07, 6.45) is 2.62. The minimum atomic E-state index is -3.44. The Morgan fingerprint density at radius 1 is 1.30 bits per heavy atom. The first-order valence-corrected chi connectivity index (χ1v) is 9.03. The van der Waals surface area contributed by atoms with Crippen LogP contribution in [0.3, 0.4) is 0 Å². The molecule has 1 aromatic heterocycles. The number of carbonyl (C=O) groups is 2. The van der Waals surface area contributed by atoms with Crippen molar-refractivity contribution in [2.24, 2.45) is 13.0 Å². The molecule has 1 fully saturated rings. The molecular weight excluding hydrogens is 322 g/mol. The molecule has 0 bridgehead atoms. The van der Waals surface area contributed by atoms with Crippen LogP contribution in [0.2, 0.25) is 0 Å². The molecule has 1 N–H and O–H groups in total. The van der Waals surface area contributed by atoms with Crippen LogP contribution in [-0.4, -0.2) is 78.7 Å². The number of carbonyl (C=O) groups excluding carboxylic acids is 2. The van der Waals surface area contributed by atoms with Gasteiger partial charge in [0.1, 0.15) is 5.69 Å². The first-order chi connectivity index (χ1) is 10.7. The molecule has 1 atom stereocenters. The van der Waals surface area contributed by atoms with Gasteiger partial charge in [-0.2, -0.15) is 9.40 Å². The fourth-order valence-electron chi connectivity index (χ4n) is 2.59. The fourth-order valence-corrected chi connectivity index (χ4v) is 3.45. The lowest BCUT2D eigenvalue weighted by atomic mass is 10.1. The third-order valence-electron chi connectivity index (χ3n) is 3.90. The molecule has 1 aromatic rings. The lowest BCUT2D eigenvalue weighted by molar-refractivity contribution is -0.124. The molecule has 9 nitrogen and oxygen atoms in total. The molecule has 0 aromatic carbocycles. The molecule has 2 rings (SSSR count). The van der Waals surface area contributed by atoms with Gasteiger partial charge in [-0.05, 0) is 6.07 Å². The van der Waals surface area contributed by atoms with E-state index < -0.39 is 15.9 Å². The number of aromatic nitrogens is 2. The van der Waals surface area contributed by atoms with Crippen LogP contribution in [-0.2, 0) is 21.9 Å². The number of nitrogens with zero attached hydrogens (tertiary/aromatic N) is 4. The van der Waals surface area contributed by atoms with Crippen LogP contribution in [0.1, 0.15) is 10.5 Å². The van der Waals surface area contributed by atoms with E-state index in [9.17, 15) is 18.0 Å². The maximum absolute atomic E-state index is 12.6. The van der Waals surface area contributed by atoms with Crippen LogP contribution in [0.25, 0.3) is 0 Å². The summed E-state index contributed by atoms with van der Waals surface area (Å²) in [6, 6.07) is 1.59. The molecule has 0 unspecified atom stereocenters. The van der Waals surface area contributed by atoms with Crippen molar-refractivity contribution in [3.63, 3.8) is 0 Å². The van der Waals surface area contributed by atoms with Crippen LogP contribution in [0.5, 0.6) is 0 Å². The van der Waals surface area contributed by atoms with E-state index in [0.29, 0.717) is 5.69 Å². The van der Waals surface area contributed by atoms with E-state index in [-0.39, 0.29) is 38.0 Å². The smallest absolute Gasteiger partial charge is 0.272 e. The van der Waals surface area contributed by atoms with Crippen molar-refractivity contribution in [1.82, 2.24) is 24.3 Å². The molecule has 1 saturated heterocycles. The third kappa shape index (κ3) is 3.88. The first kappa shape index (κ1) is 17.4. The molecule has 0 saturated carbocycles. The van der Waals surface area contributed by atoms with Crippen molar-refractivity contribution in [1.29, 1.82) is 0 Å². The van der Waals surface area contributed by atoms with E-state index in [2.05, 4.69) is 10.4 Å². The summed E-state index contributed by atoms with van der Waals surface area (Å²) in [7, 11) is -0.289. The normalized spacial score (nSPS) is 20.1. The van der Waals surface area contributed by atoms with Crippen molar-refractivity contribution in [3.8, 4) is 0 Å². The Morgan fingerprint density at radius 2 is 2.00 bits per heavy atom. The molecule has 0 spiro atoms. The summed E-state index contributed by atoms with van der Waals surface area (Å²) in [4.78, 5) is 26.1. The summed E-state index contributed by atoms with van der Waals surface area (Å²) < 4.78 is 26.4. The van der Waals surface area contributed by atoms with Gasteiger partial charge in [-0.15, -0.1) is 0 Å². The average molecular weight is 343 g/mol. The largest absolute Gasteiger partial charge is 0.359 e. The molecule has 1 aliphatic rings. The van der Waals surface area contributed by atoms with Crippen LogP contribution < -0.4 is 5.32 Å². The summed E-state index contributed by atoms with van der Waals surface area (Å²) in [6.45, 7) is 0.615. The van der Waals surface area contributed by atoms with Crippen LogP contribution in [0.4, 0.5) is 0 Å². The van der Waals surface area contributed by atoms with Gasteiger partial charge in [0.2, 0.25) is 15.9 Å². The van der Waals surface area contributed by atoms with Crippen molar-refractivity contribution >= 4 is 21.8 Å². The Bertz CT molecular complexity index is 699. The monoisotopic (exact) mass is 343 g/mol. The topological polar surface area (TPSA) is 105 Å². The Labute approximate surface area is 135 Å². The summed E-state index contributed by atoms with van der Waals surface area (Å²) in [5, 5.41) is 6.49. The Morgan fingerprint density at radius 3 is 2.52 bits per heavy atom. The average Bonchev–Trinajstić information content (AvgIpc) is 2.78. The van der Waals surface area contributed by atoms with E-state index >= 15 is 0 Å². The first-order valence-electron chi connectivity index (χ1n) is 7.18. The predicted octanol–water partition coefficient (Wildman–Crippen LogP) is -1.50. The van der Waals surface area contributed by atoms with Gasteiger partial charge in [-0.25, -0.2) is 8.42 Å². The Kier molecular flexibility index (Phi) is 5.05. The molecule has 10 heteroatoms. The van der Waals surface area contributed by atoms with E-state index in [1.54, 1.807) is 13.1 Å². The summed E-state index contributed by atoms with van der Waals surface area (Å²) in [5.41, 5.74) is 0.397. The number of rotatable bonds is 3. The second kappa shape index (κ2) is 6.67. The van der Waals surface area contributed by atoms with Gasteiger partial charge in [0, 0.05) is 46.5 Å². The summed E-state index contributed by atoms with van der Waals surface area (Å²) in [5.74, 6) is -1.17. The molecule has 23 heavy (non-hydrogen) atoms. The molecule has 2 amide bonds. The molecule has 2 heterocycles. The lowest BCUT2D eigenvalue weighted by Crippen LogP contribution is -2.42. The van der Waals surface area contributed by atoms with Gasteiger partial charge in [-0.3, -0.25) is 14.3 Å². The SMILES string of the molecule is CNC(=O)[C@@H]1CN(C(=O)c2ccnn2C)CCN(S(C)(=O)=O)C1. The standard InChI is InChI=1S/C13H21N5O4S/c1-14-12(19)10-8-17(6-7-18(9-10)23(3,21)22)13(20)11-4-5-15-16(11)2/h4-5,10H,6-9H2,1-3H3,(H,14,19)/t10-/m1/s1. The van der Waals surface area contributed by atoms with Crippen molar-refractivity contribution in [2.45, 2.75) is 0 Å². The number of hydrogen-bond acceptors (Lipinski definition) is 5. The van der Waals surface area contributed by atoms with Gasteiger partial charge in [-0.1, -0.05) is 0 Å². The number of aryl methyl sites for hydroxylation is 1. The minimum absolute atomic E-state index is 0.0632. The highest BCUT2D eigenvalue weighted by Crippen LogP contribution is 2.15. The Hall–Kier alpha value is -1.94. The van der Waals surface area contributed by atoms with E-state index in [4.69, 9.17) is 0 Å². The summed E-state index contributed by atoms with van der Waals surface area (Å²) >= 11 is 0. The molecule has 0 aliphatic carbocycles. The van der Waals surface area contributed by atoms with Gasteiger partial charge in [0.15, 0.2) is 0 Å². The van der Waals surface area contributed by atoms with Gasteiger partial charge in [0.05, 0.1) is 12.2 Å². The van der Waals surface area contributed by atoms with E-state index in [0.717, 1.165) is 6.26 Å². The molecular formula is C13H21N5O4S. The second-order valence-electron chi connectivity index (χ2n) is 5.52. The number of hydrogen-bond donors (Lipinski definition) is 1. The highest BCUT2D eigenvalue weighted by molar-refractivity contribution is 7.88. The second-order valence-corrected chi connectivity index (χ2v) is 7.51. The van der Waals surface area contributed by atoms with Crippen molar-refractivity contribution < 1.29 is 18.0 Å². The van der Waals surface area contributed by atoms with Gasteiger partial charge in [0.25, 0.3) is 5.91 Å². The number of amides is 2. The maximum Gasteiger partial charge on any atom is 0.272 e.